The number of hydrogen-bond acceptors (Lipinski definition) is 5. The number of aromatic nitrogens is 2. The van der Waals surface area contributed by atoms with E-state index < -0.39 is 4.92 Å². The summed E-state index contributed by atoms with van der Waals surface area (Å²) in [5, 5.41) is 11.6. The topological polar surface area (TPSA) is 94.9 Å². The number of rotatable bonds is 2. The van der Waals surface area contributed by atoms with Gasteiger partial charge in [0.1, 0.15) is 6.33 Å². The lowest BCUT2D eigenvalue weighted by Crippen LogP contribution is -2.02. The van der Waals surface area contributed by atoms with Crippen LogP contribution in [0.5, 0.6) is 0 Å². The highest BCUT2D eigenvalue weighted by molar-refractivity contribution is 6.36. The van der Waals surface area contributed by atoms with Crippen LogP contribution in [0.25, 0.3) is 11.3 Å². The van der Waals surface area contributed by atoms with Gasteiger partial charge >= 0.3 is 5.69 Å². The maximum atomic E-state index is 11.0. The normalized spacial score (nSPS) is 10.3. The monoisotopic (exact) mass is 284 g/mol. The third kappa shape index (κ3) is 2.20. The molecule has 0 spiro atoms. The van der Waals surface area contributed by atoms with Crippen molar-refractivity contribution < 1.29 is 4.92 Å². The minimum atomic E-state index is -0.643. The molecule has 0 unspecified atom stereocenters. The average Bonchev–Trinajstić information content (AvgIpc) is 2.28. The minimum Gasteiger partial charge on any atom is -0.378 e. The van der Waals surface area contributed by atoms with Crippen molar-refractivity contribution in [2.75, 3.05) is 5.73 Å². The fourth-order valence-electron chi connectivity index (χ4n) is 1.45. The van der Waals surface area contributed by atoms with E-state index in [-0.39, 0.29) is 22.2 Å². The molecular formula is C10H6Cl2N4O2. The summed E-state index contributed by atoms with van der Waals surface area (Å²) in [6.07, 6.45) is 1.14. The van der Waals surface area contributed by atoms with E-state index >= 15 is 0 Å². The second kappa shape index (κ2) is 4.75. The molecule has 1 aromatic carbocycles. The second-order valence-corrected chi connectivity index (χ2v) is 4.18. The summed E-state index contributed by atoms with van der Waals surface area (Å²) in [6, 6.07) is 4.57. The van der Waals surface area contributed by atoms with Gasteiger partial charge in [0.2, 0.25) is 5.82 Å². The summed E-state index contributed by atoms with van der Waals surface area (Å²) < 4.78 is 0. The third-order valence-corrected chi connectivity index (χ3v) is 2.77. The van der Waals surface area contributed by atoms with Crippen molar-refractivity contribution in [3.05, 3.63) is 44.7 Å². The molecule has 0 fully saturated rings. The van der Waals surface area contributed by atoms with Crippen molar-refractivity contribution in [3.8, 4) is 11.3 Å². The Labute approximate surface area is 112 Å². The fraction of sp³-hybridized carbons (Fsp3) is 0. The van der Waals surface area contributed by atoms with Crippen LogP contribution in [0.3, 0.4) is 0 Å². The lowest BCUT2D eigenvalue weighted by atomic mass is 10.1. The van der Waals surface area contributed by atoms with Gasteiger partial charge in [-0.3, -0.25) is 10.1 Å². The number of halogens is 2. The van der Waals surface area contributed by atoms with Crippen molar-refractivity contribution in [3.63, 3.8) is 0 Å². The van der Waals surface area contributed by atoms with Gasteiger partial charge in [-0.15, -0.1) is 0 Å². The van der Waals surface area contributed by atoms with Crippen LogP contribution in [-0.2, 0) is 0 Å². The zero-order valence-electron chi connectivity index (χ0n) is 8.80. The molecule has 0 amide bonds. The number of hydrogen-bond donors (Lipinski definition) is 1. The standard InChI is InChI=1S/C10H6Cl2N4O2/c11-5-1-2-6(7(12)3-5)8-9(16(17)18)10(13)15-4-14-8/h1-4H,(H2,13,14,15). The first-order valence-corrected chi connectivity index (χ1v) is 5.46. The van der Waals surface area contributed by atoms with Crippen molar-refractivity contribution in [1.29, 1.82) is 0 Å². The molecule has 0 radical (unpaired) electrons. The molecule has 0 aliphatic rings. The zero-order chi connectivity index (χ0) is 13.3. The van der Waals surface area contributed by atoms with E-state index in [4.69, 9.17) is 28.9 Å². The van der Waals surface area contributed by atoms with Crippen molar-refractivity contribution in [2.24, 2.45) is 0 Å². The Bertz CT molecular complexity index is 633. The van der Waals surface area contributed by atoms with Crippen LogP contribution in [0.2, 0.25) is 10.0 Å². The maximum absolute atomic E-state index is 11.0. The molecule has 6 nitrogen and oxygen atoms in total. The second-order valence-electron chi connectivity index (χ2n) is 3.34. The SMILES string of the molecule is Nc1ncnc(-c2ccc(Cl)cc2Cl)c1[N+](=O)[O-]. The van der Waals surface area contributed by atoms with E-state index in [1.54, 1.807) is 12.1 Å². The number of nitrogens with two attached hydrogens (primary N) is 1. The van der Waals surface area contributed by atoms with E-state index in [1.807, 2.05) is 0 Å². The average molecular weight is 285 g/mol. The van der Waals surface area contributed by atoms with Crippen LogP contribution in [0, 0.1) is 10.1 Å². The van der Waals surface area contributed by atoms with E-state index in [2.05, 4.69) is 9.97 Å². The van der Waals surface area contributed by atoms with Crippen molar-refractivity contribution >= 4 is 34.7 Å². The fourth-order valence-corrected chi connectivity index (χ4v) is 1.95. The number of anilines is 1. The number of benzene rings is 1. The number of nitrogen functional groups attached to an aromatic ring is 1. The molecule has 2 rings (SSSR count). The smallest absolute Gasteiger partial charge is 0.337 e. The largest absolute Gasteiger partial charge is 0.378 e. The maximum Gasteiger partial charge on any atom is 0.337 e. The molecule has 0 atom stereocenters. The van der Waals surface area contributed by atoms with E-state index in [9.17, 15) is 10.1 Å². The zero-order valence-corrected chi connectivity index (χ0v) is 10.3. The van der Waals surface area contributed by atoms with Gasteiger partial charge in [-0.25, -0.2) is 9.97 Å². The Balaban J connectivity index is 2.71. The van der Waals surface area contributed by atoms with E-state index in [0.717, 1.165) is 6.33 Å². The van der Waals surface area contributed by atoms with Crippen LogP contribution >= 0.6 is 23.2 Å². The highest BCUT2D eigenvalue weighted by Crippen LogP contribution is 2.36. The van der Waals surface area contributed by atoms with Crippen LogP contribution in [0.4, 0.5) is 11.5 Å². The van der Waals surface area contributed by atoms with Crippen molar-refractivity contribution in [1.82, 2.24) is 9.97 Å². The predicted molar refractivity (Wildman–Crippen MR) is 68.6 cm³/mol. The summed E-state index contributed by atoms with van der Waals surface area (Å²) in [5.74, 6) is -0.212. The quantitative estimate of drug-likeness (QED) is 0.676. The van der Waals surface area contributed by atoms with Gasteiger partial charge in [0.25, 0.3) is 0 Å². The first-order chi connectivity index (χ1) is 8.50. The van der Waals surface area contributed by atoms with Gasteiger partial charge in [0, 0.05) is 10.6 Å². The van der Waals surface area contributed by atoms with Gasteiger partial charge in [0.05, 0.1) is 9.95 Å². The van der Waals surface area contributed by atoms with Gasteiger partial charge in [0.15, 0.2) is 5.69 Å². The molecule has 0 aliphatic heterocycles. The molecule has 1 heterocycles. The molecule has 0 saturated heterocycles. The Hall–Kier alpha value is -1.92. The first-order valence-electron chi connectivity index (χ1n) is 4.71. The van der Waals surface area contributed by atoms with E-state index in [0.29, 0.717) is 10.6 Å². The predicted octanol–water partition coefficient (Wildman–Crippen LogP) is 2.94. The minimum absolute atomic E-state index is 0.0640. The molecule has 2 aromatic rings. The highest BCUT2D eigenvalue weighted by Gasteiger charge is 2.23. The summed E-state index contributed by atoms with van der Waals surface area (Å²) >= 11 is 11.7. The lowest BCUT2D eigenvalue weighted by molar-refractivity contribution is -0.383. The van der Waals surface area contributed by atoms with Gasteiger partial charge < -0.3 is 5.73 Å². The Morgan fingerprint density at radius 1 is 1.28 bits per heavy atom. The highest BCUT2D eigenvalue weighted by atomic mass is 35.5. The van der Waals surface area contributed by atoms with Gasteiger partial charge in [-0.05, 0) is 18.2 Å². The van der Waals surface area contributed by atoms with Crippen molar-refractivity contribution in [2.45, 2.75) is 0 Å². The molecule has 1 aromatic heterocycles. The van der Waals surface area contributed by atoms with Crippen LogP contribution in [0.1, 0.15) is 0 Å². The molecule has 0 aliphatic carbocycles. The van der Waals surface area contributed by atoms with Crippen LogP contribution in [-0.4, -0.2) is 14.9 Å². The molecule has 92 valence electrons. The first kappa shape index (κ1) is 12.5. The molecule has 0 saturated carbocycles. The molecule has 18 heavy (non-hydrogen) atoms. The Morgan fingerprint density at radius 2 is 2.00 bits per heavy atom. The molecule has 2 N–H and O–H groups in total. The van der Waals surface area contributed by atoms with Gasteiger partial charge in [-0.1, -0.05) is 23.2 Å². The summed E-state index contributed by atoms with van der Waals surface area (Å²) in [6.45, 7) is 0. The Kier molecular flexibility index (Phi) is 3.31. The Morgan fingerprint density at radius 3 is 2.61 bits per heavy atom. The molecule has 0 bridgehead atoms. The van der Waals surface area contributed by atoms with E-state index in [1.165, 1.54) is 6.07 Å². The third-order valence-electron chi connectivity index (χ3n) is 2.22. The summed E-state index contributed by atoms with van der Waals surface area (Å²) in [7, 11) is 0. The van der Waals surface area contributed by atoms with Gasteiger partial charge in [-0.2, -0.15) is 0 Å². The van der Waals surface area contributed by atoms with Crippen LogP contribution in [0.15, 0.2) is 24.5 Å². The summed E-state index contributed by atoms with van der Waals surface area (Å²) in [5.41, 5.74) is 5.55. The molecular weight excluding hydrogens is 279 g/mol. The lowest BCUT2D eigenvalue weighted by Gasteiger charge is -2.05. The van der Waals surface area contributed by atoms with Crippen LogP contribution < -0.4 is 5.73 Å². The molecule has 8 heteroatoms. The summed E-state index contributed by atoms with van der Waals surface area (Å²) in [4.78, 5) is 17.8. The number of nitro groups is 1. The number of nitrogens with zero attached hydrogens (tertiary/aromatic N) is 3.